The van der Waals surface area contributed by atoms with Gasteiger partial charge in [-0.15, -0.1) is 11.3 Å². The average molecular weight is 417 g/mol. The monoisotopic (exact) mass is 416 g/mol. The molecule has 0 bridgehead atoms. The number of anilines is 1. The van der Waals surface area contributed by atoms with Gasteiger partial charge in [0.25, 0.3) is 0 Å². The van der Waals surface area contributed by atoms with Gasteiger partial charge in [-0.2, -0.15) is 5.10 Å². The Labute approximate surface area is 167 Å². The van der Waals surface area contributed by atoms with Crippen molar-refractivity contribution in [2.24, 2.45) is 7.05 Å². The van der Waals surface area contributed by atoms with Gasteiger partial charge >= 0.3 is 0 Å². The highest BCUT2D eigenvalue weighted by Crippen LogP contribution is 2.38. The molecule has 0 radical (unpaired) electrons. The van der Waals surface area contributed by atoms with E-state index >= 15 is 0 Å². The first-order valence-corrected chi connectivity index (χ1v) is 11.7. The highest BCUT2D eigenvalue weighted by Gasteiger charge is 2.18. The summed E-state index contributed by atoms with van der Waals surface area (Å²) in [5.74, 6) is 3.80. The molecule has 4 rings (SSSR count). The number of pyridine rings is 1. The van der Waals surface area contributed by atoms with Gasteiger partial charge in [0.1, 0.15) is 10.6 Å². The van der Waals surface area contributed by atoms with Crippen LogP contribution in [0.4, 0.5) is 10.2 Å². The number of nitrogens with zero attached hydrogens (tertiary/aromatic N) is 3. The smallest absolute Gasteiger partial charge is 0.166 e. The van der Waals surface area contributed by atoms with Crippen LogP contribution in [0, 0.1) is 19.7 Å². The number of rotatable bonds is 4. The van der Waals surface area contributed by atoms with E-state index in [4.69, 9.17) is 0 Å². The Kier molecular flexibility index (Phi) is 4.43. The lowest BCUT2D eigenvalue weighted by Gasteiger charge is -2.08. The minimum absolute atomic E-state index is 0.151. The number of halogens is 1. The summed E-state index contributed by atoms with van der Waals surface area (Å²) < 4.78 is 29.2. The molecule has 3 heterocycles. The summed E-state index contributed by atoms with van der Waals surface area (Å²) in [5, 5.41) is 9.02. The number of nitrogens with one attached hydrogen (secondary N) is 1. The summed E-state index contributed by atoms with van der Waals surface area (Å²) in [6.45, 7) is 4.49. The van der Waals surface area contributed by atoms with Crippen LogP contribution in [0.25, 0.3) is 20.4 Å². The molecule has 0 aliphatic rings. The predicted molar refractivity (Wildman–Crippen MR) is 117 cm³/mol. The molecule has 1 N–H and O–H groups in total. The number of fused-ring (bicyclic) bond motifs is 3. The summed E-state index contributed by atoms with van der Waals surface area (Å²) in [6.07, 6.45) is 1.44. The van der Waals surface area contributed by atoms with Gasteiger partial charge in [-0.25, -0.2) is 9.37 Å². The molecular formula is C20H21FN4OS2. The average Bonchev–Trinajstić information content (AvgIpc) is 3.09. The fourth-order valence-corrected chi connectivity index (χ4v) is 5.55. The molecule has 0 fully saturated rings. The van der Waals surface area contributed by atoms with Crippen molar-refractivity contribution in [3.05, 3.63) is 46.9 Å². The van der Waals surface area contributed by atoms with Crippen molar-refractivity contribution in [2.45, 2.75) is 25.3 Å². The zero-order valence-electron chi connectivity index (χ0n) is 16.2. The van der Waals surface area contributed by atoms with Gasteiger partial charge in [-0.3, -0.25) is 8.89 Å². The molecule has 28 heavy (non-hydrogen) atoms. The first kappa shape index (κ1) is 18.9. The minimum Gasteiger partial charge on any atom is -0.363 e. The maximum Gasteiger partial charge on any atom is 0.166 e. The topological polar surface area (TPSA) is 59.8 Å². The lowest BCUT2D eigenvalue weighted by Crippen LogP contribution is -2.04. The molecule has 0 saturated heterocycles. The zero-order valence-corrected chi connectivity index (χ0v) is 17.8. The van der Waals surface area contributed by atoms with Gasteiger partial charge in [0.15, 0.2) is 5.82 Å². The fourth-order valence-electron chi connectivity index (χ4n) is 3.44. The van der Waals surface area contributed by atoms with Crippen LogP contribution in [0.15, 0.2) is 29.2 Å². The number of aryl methyl sites for hydroxylation is 3. The largest absolute Gasteiger partial charge is 0.363 e. The highest BCUT2D eigenvalue weighted by atomic mass is 32.2. The lowest BCUT2D eigenvalue weighted by atomic mass is 10.1. The molecular weight excluding hydrogens is 395 g/mol. The third kappa shape index (κ3) is 3.16. The van der Waals surface area contributed by atoms with Gasteiger partial charge in [-0.05, 0) is 58.6 Å². The minimum atomic E-state index is -2.58. The van der Waals surface area contributed by atoms with Crippen molar-refractivity contribution < 1.29 is 8.60 Å². The summed E-state index contributed by atoms with van der Waals surface area (Å²) >= 11 is 1.60. The maximum absolute atomic E-state index is 14.3. The molecule has 146 valence electrons. The third-order valence-corrected chi connectivity index (χ3v) is 7.01. The van der Waals surface area contributed by atoms with E-state index in [1.165, 1.54) is 17.9 Å². The molecule has 0 aliphatic heterocycles. The molecule has 0 saturated carbocycles. The van der Waals surface area contributed by atoms with E-state index in [1.807, 2.05) is 18.7 Å². The summed E-state index contributed by atoms with van der Waals surface area (Å²) in [6, 6.07) is 6.79. The van der Waals surface area contributed by atoms with Crippen LogP contribution in [0.3, 0.4) is 0 Å². The Hall–Kier alpha value is -2.45. The van der Waals surface area contributed by atoms with Crippen molar-refractivity contribution >= 4 is 53.0 Å². The van der Waals surface area contributed by atoms with Crippen molar-refractivity contribution in [1.29, 1.82) is 0 Å². The van der Waals surface area contributed by atoms with Gasteiger partial charge in [0.2, 0.25) is 0 Å². The quantitative estimate of drug-likeness (QED) is 0.505. The van der Waals surface area contributed by atoms with Gasteiger partial charge in [0, 0.05) is 30.9 Å². The van der Waals surface area contributed by atoms with Crippen LogP contribution in [-0.4, -0.2) is 31.1 Å². The van der Waals surface area contributed by atoms with Crippen molar-refractivity contribution in [2.75, 3.05) is 11.6 Å². The van der Waals surface area contributed by atoms with Crippen LogP contribution in [0.5, 0.6) is 0 Å². The fraction of sp³-hybridized carbons (Fsp3) is 0.250. The Bertz CT molecular complexity index is 1340. The van der Waals surface area contributed by atoms with E-state index in [-0.39, 0.29) is 4.90 Å². The summed E-state index contributed by atoms with van der Waals surface area (Å²) in [7, 11) is -0.665. The number of aromatic nitrogens is 3. The van der Waals surface area contributed by atoms with E-state index in [0.717, 1.165) is 37.5 Å². The molecule has 0 aliphatic carbocycles. The Morgan fingerprint density at radius 1 is 1.32 bits per heavy atom. The Morgan fingerprint density at radius 3 is 2.75 bits per heavy atom. The number of hydrogen-bond donors (Lipinski definition) is 1. The normalized spacial score (nSPS) is 13.9. The first-order valence-electron chi connectivity index (χ1n) is 8.73. The van der Waals surface area contributed by atoms with Crippen LogP contribution in [0.2, 0.25) is 0 Å². The predicted octanol–water partition coefficient (Wildman–Crippen LogP) is 4.26. The molecule has 5 nitrogen and oxygen atoms in total. The Morgan fingerprint density at radius 2 is 2.07 bits per heavy atom. The zero-order chi connectivity index (χ0) is 20.2. The van der Waals surface area contributed by atoms with E-state index in [9.17, 15) is 8.60 Å². The van der Waals surface area contributed by atoms with E-state index in [0.29, 0.717) is 6.54 Å². The second-order valence-corrected chi connectivity index (χ2v) is 10.6. The lowest BCUT2D eigenvalue weighted by molar-refractivity contribution is 0.593. The molecule has 3 aromatic heterocycles. The molecule has 0 amide bonds. The standard InChI is InChI=1S/C20H21FN4OS2/c1-11-8-12(2)23-20-16(11)17-18(27-20)19(24-25(17)3)22-10-13-6-7-15(14(21)9-13)28(4,5)26/h6-9H,4,10H2,1-3,5H3,(H,22,24). The first-order chi connectivity index (χ1) is 13.1. The molecule has 1 unspecified atom stereocenters. The van der Waals surface area contributed by atoms with Crippen LogP contribution < -0.4 is 5.32 Å². The van der Waals surface area contributed by atoms with Crippen molar-refractivity contribution in [3.63, 3.8) is 0 Å². The van der Waals surface area contributed by atoms with Crippen molar-refractivity contribution in [3.8, 4) is 0 Å². The summed E-state index contributed by atoms with van der Waals surface area (Å²) in [5.41, 5.74) is 3.97. The molecule has 4 aromatic rings. The van der Waals surface area contributed by atoms with E-state index in [1.54, 1.807) is 23.5 Å². The SMILES string of the molecule is C=S(C)(=O)c1ccc(CNc2nn(C)c3c2sc2nc(C)cc(C)c23)cc1F. The Balaban J connectivity index is 1.69. The number of hydrogen-bond acceptors (Lipinski definition) is 5. The molecule has 1 aromatic carbocycles. The van der Waals surface area contributed by atoms with E-state index in [2.05, 4.69) is 34.3 Å². The van der Waals surface area contributed by atoms with Crippen LogP contribution >= 0.6 is 11.3 Å². The maximum atomic E-state index is 14.3. The third-order valence-electron chi connectivity index (χ3n) is 4.67. The number of benzene rings is 1. The van der Waals surface area contributed by atoms with E-state index < -0.39 is 15.3 Å². The second kappa shape index (κ2) is 6.56. The van der Waals surface area contributed by atoms with Gasteiger partial charge < -0.3 is 5.32 Å². The number of thiophene rings is 1. The second-order valence-electron chi connectivity index (χ2n) is 7.14. The highest BCUT2D eigenvalue weighted by molar-refractivity contribution is 7.99. The van der Waals surface area contributed by atoms with Crippen LogP contribution in [-0.2, 0) is 23.1 Å². The van der Waals surface area contributed by atoms with Gasteiger partial charge in [-0.1, -0.05) is 6.07 Å². The van der Waals surface area contributed by atoms with Crippen LogP contribution in [0.1, 0.15) is 16.8 Å². The molecule has 0 spiro atoms. The molecule has 1 atom stereocenters. The molecule has 8 heteroatoms. The van der Waals surface area contributed by atoms with Gasteiger partial charge in [0.05, 0.1) is 15.1 Å². The van der Waals surface area contributed by atoms with Crippen molar-refractivity contribution in [1.82, 2.24) is 14.8 Å². The summed E-state index contributed by atoms with van der Waals surface area (Å²) in [4.78, 5) is 5.80.